The average Bonchev–Trinajstić information content (AvgIpc) is 2.93. The van der Waals surface area contributed by atoms with Crippen molar-refractivity contribution in [2.45, 2.75) is 32.8 Å². The van der Waals surface area contributed by atoms with Crippen LogP contribution in [0.4, 0.5) is 10.5 Å². The standard InChI is InChI=1S/C16H21N3O2S/c1-3-4-14(20)9-17-16(21)19-13-7-5-12(6-8-13)15-10-22-11(2)18-15/h5-8,10,14,20H,3-4,9H2,1-2H3,(H2,17,19,21). The van der Waals surface area contributed by atoms with E-state index in [-0.39, 0.29) is 12.6 Å². The van der Waals surface area contributed by atoms with E-state index in [9.17, 15) is 9.90 Å². The van der Waals surface area contributed by atoms with Crippen LogP contribution in [0, 0.1) is 6.92 Å². The maximum atomic E-state index is 11.7. The lowest BCUT2D eigenvalue weighted by Crippen LogP contribution is -2.35. The highest BCUT2D eigenvalue weighted by atomic mass is 32.1. The Balaban J connectivity index is 1.87. The molecule has 0 bridgehead atoms. The van der Waals surface area contributed by atoms with Gasteiger partial charge in [0.15, 0.2) is 0 Å². The van der Waals surface area contributed by atoms with E-state index in [2.05, 4.69) is 15.6 Å². The van der Waals surface area contributed by atoms with Crippen LogP contribution in [0.2, 0.25) is 0 Å². The fraction of sp³-hybridized carbons (Fsp3) is 0.375. The largest absolute Gasteiger partial charge is 0.391 e. The number of carbonyl (C=O) groups is 1. The molecule has 1 unspecified atom stereocenters. The molecule has 0 aliphatic rings. The quantitative estimate of drug-likeness (QED) is 0.764. The maximum Gasteiger partial charge on any atom is 0.319 e. The van der Waals surface area contributed by atoms with Gasteiger partial charge in [-0.1, -0.05) is 25.5 Å². The van der Waals surface area contributed by atoms with Crippen molar-refractivity contribution in [3.8, 4) is 11.3 Å². The summed E-state index contributed by atoms with van der Waals surface area (Å²) in [6.45, 7) is 4.23. The van der Waals surface area contributed by atoms with Gasteiger partial charge in [0, 0.05) is 23.2 Å². The van der Waals surface area contributed by atoms with Gasteiger partial charge in [-0.2, -0.15) is 0 Å². The molecule has 6 heteroatoms. The first kappa shape index (κ1) is 16.5. The van der Waals surface area contributed by atoms with Crippen LogP contribution in [0.5, 0.6) is 0 Å². The molecule has 0 aliphatic heterocycles. The number of amides is 2. The van der Waals surface area contributed by atoms with Gasteiger partial charge in [-0.05, 0) is 25.5 Å². The van der Waals surface area contributed by atoms with Crippen LogP contribution in [-0.2, 0) is 0 Å². The molecule has 0 aliphatic carbocycles. The Hall–Kier alpha value is -1.92. The Morgan fingerprint density at radius 1 is 1.36 bits per heavy atom. The van der Waals surface area contributed by atoms with Crippen molar-refractivity contribution in [3.05, 3.63) is 34.7 Å². The third kappa shape index (κ3) is 4.82. The van der Waals surface area contributed by atoms with Gasteiger partial charge in [0.1, 0.15) is 0 Å². The number of thiazole rings is 1. The van der Waals surface area contributed by atoms with Crippen molar-refractivity contribution in [3.63, 3.8) is 0 Å². The van der Waals surface area contributed by atoms with E-state index in [1.54, 1.807) is 11.3 Å². The average molecular weight is 319 g/mol. The highest BCUT2D eigenvalue weighted by Gasteiger charge is 2.07. The number of nitrogens with one attached hydrogen (secondary N) is 2. The normalized spacial score (nSPS) is 12.0. The van der Waals surface area contributed by atoms with Crippen LogP contribution >= 0.6 is 11.3 Å². The highest BCUT2D eigenvalue weighted by molar-refractivity contribution is 7.09. The first-order chi connectivity index (χ1) is 10.6. The first-order valence-corrected chi connectivity index (χ1v) is 8.22. The molecule has 118 valence electrons. The van der Waals surface area contributed by atoms with Crippen molar-refractivity contribution in [2.24, 2.45) is 0 Å². The number of hydrogen-bond acceptors (Lipinski definition) is 4. The topological polar surface area (TPSA) is 74.2 Å². The zero-order valence-corrected chi connectivity index (χ0v) is 13.6. The van der Waals surface area contributed by atoms with E-state index >= 15 is 0 Å². The number of aliphatic hydroxyl groups is 1. The molecule has 0 radical (unpaired) electrons. The van der Waals surface area contributed by atoms with Crippen molar-refractivity contribution in [2.75, 3.05) is 11.9 Å². The molecule has 1 heterocycles. The van der Waals surface area contributed by atoms with Crippen LogP contribution in [0.1, 0.15) is 24.8 Å². The first-order valence-electron chi connectivity index (χ1n) is 7.34. The molecule has 3 N–H and O–H groups in total. The Bertz CT molecular complexity index is 610. The maximum absolute atomic E-state index is 11.7. The molecule has 1 atom stereocenters. The molecule has 2 aromatic rings. The SMILES string of the molecule is CCCC(O)CNC(=O)Nc1ccc(-c2csc(C)n2)cc1. The summed E-state index contributed by atoms with van der Waals surface area (Å²) in [4.78, 5) is 16.2. The molecule has 0 saturated carbocycles. The fourth-order valence-electron chi connectivity index (χ4n) is 2.04. The predicted molar refractivity (Wildman–Crippen MR) is 90.2 cm³/mol. The van der Waals surface area contributed by atoms with Crippen molar-refractivity contribution < 1.29 is 9.90 Å². The minimum Gasteiger partial charge on any atom is -0.391 e. The number of anilines is 1. The van der Waals surface area contributed by atoms with E-state index in [4.69, 9.17) is 0 Å². The van der Waals surface area contributed by atoms with Crippen LogP contribution in [0.3, 0.4) is 0 Å². The summed E-state index contributed by atoms with van der Waals surface area (Å²) in [7, 11) is 0. The minimum atomic E-state index is -0.494. The van der Waals surface area contributed by atoms with Gasteiger partial charge in [-0.3, -0.25) is 0 Å². The van der Waals surface area contributed by atoms with Crippen molar-refractivity contribution in [1.29, 1.82) is 0 Å². The summed E-state index contributed by atoms with van der Waals surface area (Å²) in [5, 5.41) is 18.0. The third-order valence-corrected chi connectivity index (χ3v) is 3.95. The van der Waals surface area contributed by atoms with Gasteiger partial charge in [0.2, 0.25) is 0 Å². The lowest BCUT2D eigenvalue weighted by Gasteiger charge is -2.11. The Morgan fingerprint density at radius 3 is 2.68 bits per heavy atom. The van der Waals surface area contributed by atoms with Gasteiger partial charge < -0.3 is 15.7 Å². The van der Waals surface area contributed by atoms with Crippen molar-refractivity contribution >= 4 is 23.1 Å². The van der Waals surface area contributed by atoms with Gasteiger partial charge in [-0.15, -0.1) is 11.3 Å². The molecule has 2 rings (SSSR count). The van der Waals surface area contributed by atoms with Crippen LogP contribution in [0.15, 0.2) is 29.6 Å². The number of aryl methyl sites for hydroxylation is 1. The number of urea groups is 1. The van der Waals surface area contributed by atoms with Crippen LogP contribution in [-0.4, -0.2) is 28.8 Å². The van der Waals surface area contributed by atoms with Crippen LogP contribution < -0.4 is 10.6 Å². The van der Waals surface area contributed by atoms with E-state index < -0.39 is 6.10 Å². The van der Waals surface area contributed by atoms with E-state index in [1.165, 1.54) is 0 Å². The molecule has 1 aromatic heterocycles. The highest BCUT2D eigenvalue weighted by Crippen LogP contribution is 2.22. The summed E-state index contributed by atoms with van der Waals surface area (Å²) in [5.74, 6) is 0. The molecular formula is C16H21N3O2S. The second kappa shape index (κ2) is 7.91. The molecule has 2 amide bonds. The summed E-state index contributed by atoms with van der Waals surface area (Å²) in [6, 6.07) is 7.22. The number of aliphatic hydroxyl groups excluding tert-OH is 1. The summed E-state index contributed by atoms with van der Waals surface area (Å²) < 4.78 is 0. The molecule has 0 saturated heterocycles. The molecular weight excluding hydrogens is 298 g/mol. The van der Waals surface area contributed by atoms with E-state index in [1.807, 2.05) is 43.5 Å². The predicted octanol–water partition coefficient (Wildman–Crippen LogP) is 3.40. The second-order valence-electron chi connectivity index (χ2n) is 5.11. The summed E-state index contributed by atoms with van der Waals surface area (Å²) in [6.07, 6.45) is 1.08. The number of hydrogen-bond donors (Lipinski definition) is 3. The molecule has 5 nitrogen and oxygen atoms in total. The van der Waals surface area contributed by atoms with Gasteiger partial charge >= 0.3 is 6.03 Å². The molecule has 1 aromatic carbocycles. The Kier molecular flexibility index (Phi) is 5.91. The van der Waals surface area contributed by atoms with E-state index in [0.717, 1.165) is 22.7 Å². The number of aromatic nitrogens is 1. The van der Waals surface area contributed by atoms with Gasteiger partial charge in [0.25, 0.3) is 0 Å². The number of nitrogens with zero attached hydrogens (tertiary/aromatic N) is 1. The number of rotatable bonds is 6. The second-order valence-corrected chi connectivity index (χ2v) is 6.17. The smallest absolute Gasteiger partial charge is 0.319 e. The fourth-order valence-corrected chi connectivity index (χ4v) is 2.66. The zero-order valence-electron chi connectivity index (χ0n) is 12.8. The monoisotopic (exact) mass is 319 g/mol. The summed E-state index contributed by atoms with van der Waals surface area (Å²) >= 11 is 1.61. The van der Waals surface area contributed by atoms with E-state index in [0.29, 0.717) is 12.1 Å². The van der Waals surface area contributed by atoms with Crippen LogP contribution in [0.25, 0.3) is 11.3 Å². The molecule has 0 fully saturated rings. The lowest BCUT2D eigenvalue weighted by atomic mass is 10.1. The Morgan fingerprint density at radius 2 is 2.09 bits per heavy atom. The number of carbonyl (C=O) groups excluding carboxylic acids is 1. The van der Waals surface area contributed by atoms with Gasteiger partial charge in [0.05, 0.1) is 16.8 Å². The number of benzene rings is 1. The third-order valence-electron chi connectivity index (χ3n) is 3.18. The Labute approximate surface area is 134 Å². The van der Waals surface area contributed by atoms with Crippen molar-refractivity contribution in [1.82, 2.24) is 10.3 Å². The molecule has 0 spiro atoms. The summed E-state index contributed by atoms with van der Waals surface area (Å²) in [5.41, 5.74) is 2.67. The van der Waals surface area contributed by atoms with Gasteiger partial charge in [-0.25, -0.2) is 9.78 Å². The zero-order chi connectivity index (χ0) is 15.9. The lowest BCUT2D eigenvalue weighted by molar-refractivity contribution is 0.162. The molecule has 22 heavy (non-hydrogen) atoms. The minimum absolute atomic E-state index is 0.260.